The van der Waals surface area contributed by atoms with Crippen molar-refractivity contribution in [2.45, 2.75) is 32.3 Å². The molecule has 0 aliphatic carbocycles. The second-order valence-corrected chi connectivity index (χ2v) is 8.32. The minimum atomic E-state index is -0.503. The van der Waals surface area contributed by atoms with Gasteiger partial charge in [0.2, 0.25) is 11.8 Å². The zero-order chi connectivity index (χ0) is 21.8. The Morgan fingerprint density at radius 1 is 1.10 bits per heavy atom. The number of rotatable bonds is 6. The number of amides is 2. The Labute approximate surface area is 183 Å². The molecule has 2 aromatic rings. The molecule has 2 atom stereocenters. The van der Waals surface area contributed by atoms with Gasteiger partial charge in [0.25, 0.3) is 0 Å². The van der Waals surface area contributed by atoms with E-state index in [0.29, 0.717) is 32.0 Å². The zero-order valence-electron chi connectivity index (χ0n) is 17.9. The van der Waals surface area contributed by atoms with Crippen molar-refractivity contribution in [1.82, 2.24) is 4.90 Å². The van der Waals surface area contributed by atoms with E-state index in [4.69, 9.17) is 4.74 Å². The number of hydrogen-bond acceptors (Lipinski definition) is 4. The van der Waals surface area contributed by atoms with Gasteiger partial charge in [0.05, 0.1) is 24.3 Å². The summed E-state index contributed by atoms with van der Waals surface area (Å²) in [6.45, 7) is 4.05. The summed E-state index contributed by atoms with van der Waals surface area (Å²) in [4.78, 5) is 29.4. The van der Waals surface area contributed by atoms with Gasteiger partial charge in [0.1, 0.15) is 5.75 Å². The monoisotopic (exact) mass is 422 g/mol. The number of likely N-dealkylation sites (tertiary alicyclic amines) is 1. The summed E-state index contributed by atoms with van der Waals surface area (Å²) in [6.07, 6.45) is 1.25. The van der Waals surface area contributed by atoms with E-state index in [2.05, 4.69) is 0 Å². The summed E-state index contributed by atoms with van der Waals surface area (Å²) in [5.41, 5.74) is 1.66. The van der Waals surface area contributed by atoms with E-state index in [9.17, 15) is 14.7 Å². The van der Waals surface area contributed by atoms with Crippen LogP contribution in [-0.4, -0.2) is 48.1 Å². The van der Waals surface area contributed by atoms with Crippen LogP contribution in [0, 0.1) is 11.8 Å². The molecule has 2 aromatic carbocycles. The van der Waals surface area contributed by atoms with Crippen LogP contribution in [-0.2, 0) is 9.59 Å². The van der Waals surface area contributed by atoms with E-state index in [1.54, 1.807) is 4.90 Å². The van der Waals surface area contributed by atoms with Crippen LogP contribution in [0.1, 0.15) is 37.9 Å². The number of carbonyl (C=O) groups excluding carboxylic acids is 2. The fraction of sp³-hybridized carbons (Fsp3) is 0.440. The molecule has 0 radical (unpaired) electrons. The highest BCUT2D eigenvalue weighted by Gasteiger charge is 2.39. The number of ether oxygens (including phenoxy) is 1. The van der Waals surface area contributed by atoms with E-state index in [-0.39, 0.29) is 30.1 Å². The van der Waals surface area contributed by atoms with E-state index in [0.717, 1.165) is 24.1 Å². The predicted octanol–water partition coefficient (Wildman–Crippen LogP) is 3.41. The molecule has 2 unspecified atom stereocenters. The van der Waals surface area contributed by atoms with Crippen molar-refractivity contribution in [1.29, 1.82) is 0 Å². The van der Waals surface area contributed by atoms with Crippen LogP contribution in [0.5, 0.6) is 5.75 Å². The van der Waals surface area contributed by atoms with Crippen molar-refractivity contribution in [3.63, 3.8) is 0 Å². The Morgan fingerprint density at radius 2 is 1.77 bits per heavy atom. The van der Waals surface area contributed by atoms with Gasteiger partial charge in [0.15, 0.2) is 0 Å². The van der Waals surface area contributed by atoms with E-state index in [1.165, 1.54) is 0 Å². The summed E-state index contributed by atoms with van der Waals surface area (Å²) in [5, 5.41) is 10.7. The van der Waals surface area contributed by atoms with Crippen LogP contribution in [0.3, 0.4) is 0 Å². The maximum absolute atomic E-state index is 13.1. The summed E-state index contributed by atoms with van der Waals surface area (Å²) in [6, 6.07) is 17.2. The first-order chi connectivity index (χ1) is 15.1. The highest BCUT2D eigenvalue weighted by atomic mass is 16.5. The number of anilines is 1. The molecule has 6 nitrogen and oxygen atoms in total. The fourth-order valence-electron chi connectivity index (χ4n) is 4.68. The third kappa shape index (κ3) is 4.59. The number of para-hydroxylation sites is 2. The zero-order valence-corrected chi connectivity index (χ0v) is 17.9. The molecule has 0 bridgehead atoms. The number of benzene rings is 2. The molecule has 6 heteroatoms. The van der Waals surface area contributed by atoms with E-state index in [1.807, 2.05) is 66.4 Å². The van der Waals surface area contributed by atoms with Crippen molar-refractivity contribution in [2.75, 3.05) is 31.1 Å². The first kappa shape index (κ1) is 21.4. The first-order valence-corrected chi connectivity index (χ1v) is 11.1. The summed E-state index contributed by atoms with van der Waals surface area (Å²) < 4.78 is 5.67. The van der Waals surface area contributed by atoms with Gasteiger partial charge in [-0.25, -0.2) is 0 Å². The second kappa shape index (κ2) is 9.52. The van der Waals surface area contributed by atoms with Crippen molar-refractivity contribution in [3.8, 4) is 5.75 Å². The average molecular weight is 423 g/mol. The summed E-state index contributed by atoms with van der Waals surface area (Å²) >= 11 is 0. The SMILES string of the molecule is CCOc1ccccc1N1CC(C(=O)N2CCC(C(O)c3ccccc3)CC2)CC1=O. The molecule has 1 N–H and O–H groups in total. The molecule has 2 fully saturated rings. The smallest absolute Gasteiger partial charge is 0.228 e. The quantitative estimate of drug-likeness (QED) is 0.775. The van der Waals surface area contributed by atoms with Gasteiger partial charge in [-0.2, -0.15) is 0 Å². The number of piperidine rings is 1. The Balaban J connectivity index is 1.36. The van der Waals surface area contributed by atoms with Crippen LogP contribution >= 0.6 is 0 Å². The lowest BCUT2D eigenvalue weighted by Gasteiger charge is -2.35. The maximum atomic E-state index is 13.1. The lowest BCUT2D eigenvalue weighted by molar-refractivity contribution is -0.137. The van der Waals surface area contributed by atoms with Gasteiger partial charge in [-0.3, -0.25) is 9.59 Å². The molecule has 164 valence electrons. The average Bonchev–Trinajstić information content (AvgIpc) is 3.21. The van der Waals surface area contributed by atoms with Gasteiger partial charge in [-0.05, 0) is 43.4 Å². The van der Waals surface area contributed by atoms with Crippen LogP contribution in [0.15, 0.2) is 54.6 Å². The molecule has 2 aliphatic rings. The van der Waals surface area contributed by atoms with Crippen molar-refractivity contribution >= 4 is 17.5 Å². The van der Waals surface area contributed by atoms with Crippen LogP contribution < -0.4 is 9.64 Å². The minimum absolute atomic E-state index is 0.0393. The molecule has 0 aromatic heterocycles. The number of hydrogen-bond donors (Lipinski definition) is 1. The molecular formula is C25H30N2O4. The number of aliphatic hydroxyl groups is 1. The third-order valence-electron chi connectivity index (χ3n) is 6.37. The molecule has 2 heterocycles. The maximum Gasteiger partial charge on any atom is 0.228 e. The van der Waals surface area contributed by atoms with Crippen molar-refractivity contribution in [3.05, 3.63) is 60.2 Å². The number of aliphatic hydroxyl groups excluding tert-OH is 1. The normalized spacial score (nSPS) is 20.7. The summed E-state index contributed by atoms with van der Waals surface area (Å²) in [5.74, 6) is 0.475. The van der Waals surface area contributed by atoms with Crippen LogP contribution in [0.4, 0.5) is 5.69 Å². The Hall–Kier alpha value is -2.86. The second-order valence-electron chi connectivity index (χ2n) is 8.32. The first-order valence-electron chi connectivity index (χ1n) is 11.1. The Bertz CT molecular complexity index is 909. The standard InChI is InChI=1S/C25H30N2O4/c1-2-31-22-11-7-6-10-21(22)27-17-20(16-23(27)28)25(30)26-14-12-19(13-15-26)24(29)18-8-4-3-5-9-18/h3-11,19-20,24,29H,2,12-17H2,1H3. The van der Waals surface area contributed by atoms with Crippen molar-refractivity contribution in [2.24, 2.45) is 11.8 Å². The van der Waals surface area contributed by atoms with Gasteiger partial charge >= 0.3 is 0 Å². The van der Waals surface area contributed by atoms with Crippen LogP contribution in [0.25, 0.3) is 0 Å². The van der Waals surface area contributed by atoms with Gasteiger partial charge < -0.3 is 19.6 Å². The lowest BCUT2D eigenvalue weighted by atomic mass is 9.87. The fourth-order valence-corrected chi connectivity index (χ4v) is 4.68. The molecule has 0 spiro atoms. The Kier molecular flexibility index (Phi) is 6.56. The molecule has 0 saturated carbocycles. The topological polar surface area (TPSA) is 70.1 Å². The predicted molar refractivity (Wildman–Crippen MR) is 119 cm³/mol. The molecule has 31 heavy (non-hydrogen) atoms. The van der Waals surface area contributed by atoms with E-state index >= 15 is 0 Å². The highest BCUT2D eigenvalue weighted by Crippen LogP contribution is 2.35. The van der Waals surface area contributed by atoms with Gasteiger partial charge in [0, 0.05) is 26.1 Å². The number of nitrogens with zero attached hydrogens (tertiary/aromatic N) is 2. The third-order valence-corrected chi connectivity index (χ3v) is 6.37. The summed E-state index contributed by atoms with van der Waals surface area (Å²) in [7, 11) is 0. The van der Waals surface area contributed by atoms with Gasteiger partial charge in [-0.1, -0.05) is 42.5 Å². The van der Waals surface area contributed by atoms with Crippen molar-refractivity contribution < 1.29 is 19.4 Å². The highest BCUT2D eigenvalue weighted by molar-refractivity contribution is 6.01. The lowest BCUT2D eigenvalue weighted by Crippen LogP contribution is -2.43. The van der Waals surface area contributed by atoms with Gasteiger partial charge in [-0.15, -0.1) is 0 Å². The molecular weight excluding hydrogens is 392 g/mol. The molecule has 2 amide bonds. The largest absolute Gasteiger partial charge is 0.492 e. The minimum Gasteiger partial charge on any atom is -0.492 e. The molecule has 2 saturated heterocycles. The van der Waals surface area contributed by atoms with E-state index < -0.39 is 6.10 Å². The van der Waals surface area contributed by atoms with Crippen LogP contribution in [0.2, 0.25) is 0 Å². The Morgan fingerprint density at radius 3 is 2.48 bits per heavy atom. The molecule has 2 aliphatic heterocycles. The molecule has 4 rings (SSSR count). The number of carbonyl (C=O) groups is 2.